The number of nitrogens with two attached hydrogens (primary N) is 1. The van der Waals surface area contributed by atoms with E-state index < -0.39 is 0 Å². The SMILES string of the molecule is C[C@@H](NC(=O)C1CCCC1CN)C1CCCCC1. The van der Waals surface area contributed by atoms with Crippen LogP contribution >= 0.6 is 0 Å². The van der Waals surface area contributed by atoms with E-state index in [0.29, 0.717) is 24.4 Å². The van der Waals surface area contributed by atoms with Crippen LogP contribution in [0.3, 0.4) is 0 Å². The molecule has 104 valence electrons. The molecule has 18 heavy (non-hydrogen) atoms. The highest BCUT2D eigenvalue weighted by Gasteiger charge is 2.33. The molecule has 0 aromatic carbocycles. The first-order chi connectivity index (χ1) is 8.72. The lowest BCUT2D eigenvalue weighted by atomic mass is 9.84. The Labute approximate surface area is 111 Å². The molecule has 2 fully saturated rings. The van der Waals surface area contributed by atoms with Gasteiger partial charge in [0.1, 0.15) is 0 Å². The summed E-state index contributed by atoms with van der Waals surface area (Å²) < 4.78 is 0. The number of amides is 1. The van der Waals surface area contributed by atoms with Crippen molar-refractivity contribution in [1.82, 2.24) is 5.32 Å². The van der Waals surface area contributed by atoms with E-state index >= 15 is 0 Å². The molecule has 2 saturated carbocycles. The van der Waals surface area contributed by atoms with Gasteiger partial charge in [-0.2, -0.15) is 0 Å². The number of hydrogen-bond donors (Lipinski definition) is 2. The van der Waals surface area contributed by atoms with Crippen LogP contribution in [0.4, 0.5) is 0 Å². The van der Waals surface area contributed by atoms with Crippen LogP contribution in [0.5, 0.6) is 0 Å². The third-order valence-corrected chi connectivity index (χ3v) is 5.03. The van der Waals surface area contributed by atoms with Gasteiger partial charge in [0.2, 0.25) is 5.91 Å². The van der Waals surface area contributed by atoms with Crippen molar-refractivity contribution in [2.45, 2.75) is 64.3 Å². The first-order valence-electron chi connectivity index (χ1n) is 7.72. The van der Waals surface area contributed by atoms with Gasteiger partial charge in [0.25, 0.3) is 0 Å². The summed E-state index contributed by atoms with van der Waals surface area (Å²) in [5, 5.41) is 3.26. The van der Waals surface area contributed by atoms with Gasteiger partial charge in [0.05, 0.1) is 0 Å². The van der Waals surface area contributed by atoms with E-state index in [4.69, 9.17) is 5.73 Å². The number of rotatable bonds is 4. The molecule has 0 aliphatic heterocycles. The second-order valence-corrected chi connectivity index (χ2v) is 6.23. The maximum atomic E-state index is 12.3. The highest BCUT2D eigenvalue weighted by molar-refractivity contribution is 5.79. The van der Waals surface area contributed by atoms with Crippen molar-refractivity contribution in [3.8, 4) is 0 Å². The van der Waals surface area contributed by atoms with Crippen LogP contribution in [0.15, 0.2) is 0 Å². The lowest BCUT2D eigenvalue weighted by Crippen LogP contribution is -2.43. The Balaban J connectivity index is 1.82. The largest absolute Gasteiger partial charge is 0.353 e. The Morgan fingerprint density at radius 1 is 1.17 bits per heavy atom. The second-order valence-electron chi connectivity index (χ2n) is 6.23. The van der Waals surface area contributed by atoms with Crippen molar-refractivity contribution in [1.29, 1.82) is 0 Å². The molecule has 3 heteroatoms. The van der Waals surface area contributed by atoms with Crippen LogP contribution < -0.4 is 11.1 Å². The van der Waals surface area contributed by atoms with Gasteiger partial charge in [-0.1, -0.05) is 25.7 Å². The molecule has 2 rings (SSSR count). The number of carbonyl (C=O) groups is 1. The lowest BCUT2D eigenvalue weighted by molar-refractivity contribution is -0.127. The Hall–Kier alpha value is -0.570. The quantitative estimate of drug-likeness (QED) is 0.807. The van der Waals surface area contributed by atoms with Gasteiger partial charge < -0.3 is 11.1 Å². The second kappa shape index (κ2) is 6.55. The molecule has 0 aromatic heterocycles. The summed E-state index contributed by atoms with van der Waals surface area (Å²) in [6.45, 7) is 2.84. The molecule has 0 saturated heterocycles. The van der Waals surface area contributed by atoms with Gasteiger partial charge in [0, 0.05) is 12.0 Å². The van der Waals surface area contributed by atoms with Gasteiger partial charge in [0.15, 0.2) is 0 Å². The maximum absolute atomic E-state index is 12.3. The van der Waals surface area contributed by atoms with Crippen molar-refractivity contribution in [2.24, 2.45) is 23.5 Å². The van der Waals surface area contributed by atoms with Crippen molar-refractivity contribution >= 4 is 5.91 Å². The van der Waals surface area contributed by atoms with E-state index in [1.807, 2.05) is 0 Å². The molecule has 2 unspecified atom stereocenters. The van der Waals surface area contributed by atoms with Crippen LogP contribution in [0.1, 0.15) is 58.3 Å². The molecule has 1 amide bonds. The smallest absolute Gasteiger partial charge is 0.223 e. The average molecular weight is 252 g/mol. The summed E-state index contributed by atoms with van der Waals surface area (Å²) in [7, 11) is 0. The zero-order chi connectivity index (χ0) is 13.0. The summed E-state index contributed by atoms with van der Waals surface area (Å²) >= 11 is 0. The minimum Gasteiger partial charge on any atom is -0.353 e. The summed E-state index contributed by atoms with van der Waals surface area (Å²) in [4.78, 5) is 12.3. The molecule has 0 aromatic rings. The topological polar surface area (TPSA) is 55.1 Å². The summed E-state index contributed by atoms with van der Waals surface area (Å²) in [6.07, 6.45) is 9.93. The number of nitrogens with one attached hydrogen (secondary N) is 1. The summed E-state index contributed by atoms with van der Waals surface area (Å²) in [5.74, 6) is 1.56. The molecule has 0 heterocycles. The zero-order valence-corrected chi connectivity index (χ0v) is 11.7. The lowest BCUT2D eigenvalue weighted by Gasteiger charge is -2.29. The number of hydrogen-bond acceptors (Lipinski definition) is 2. The molecule has 0 radical (unpaired) electrons. The van der Waals surface area contributed by atoms with Gasteiger partial charge in [-0.25, -0.2) is 0 Å². The highest BCUT2D eigenvalue weighted by atomic mass is 16.2. The Kier molecular flexibility index (Phi) is 5.04. The molecule has 2 aliphatic carbocycles. The fourth-order valence-corrected chi connectivity index (χ4v) is 3.75. The Bertz CT molecular complexity index is 274. The van der Waals surface area contributed by atoms with Gasteiger partial charge in [-0.3, -0.25) is 4.79 Å². The van der Waals surface area contributed by atoms with E-state index in [1.54, 1.807) is 0 Å². The molecular formula is C15H28N2O. The molecular weight excluding hydrogens is 224 g/mol. The molecule has 3 nitrogen and oxygen atoms in total. The predicted octanol–water partition coefficient (Wildman–Crippen LogP) is 2.45. The predicted molar refractivity (Wildman–Crippen MR) is 74.1 cm³/mol. The Morgan fingerprint density at radius 2 is 1.89 bits per heavy atom. The van der Waals surface area contributed by atoms with E-state index in [-0.39, 0.29) is 11.8 Å². The van der Waals surface area contributed by atoms with Crippen molar-refractivity contribution < 1.29 is 4.79 Å². The normalized spacial score (nSPS) is 31.2. The Morgan fingerprint density at radius 3 is 2.56 bits per heavy atom. The van der Waals surface area contributed by atoms with Crippen LogP contribution in [-0.4, -0.2) is 18.5 Å². The average Bonchev–Trinajstić information content (AvgIpc) is 2.88. The molecule has 3 atom stereocenters. The molecule has 3 N–H and O–H groups in total. The minimum absolute atomic E-state index is 0.182. The summed E-state index contributed by atoms with van der Waals surface area (Å²) in [6, 6.07) is 0.344. The molecule has 0 spiro atoms. The van der Waals surface area contributed by atoms with Crippen LogP contribution in [0.2, 0.25) is 0 Å². The fourth-order valence-electron chi connectivity index (χ4n) is 3.75. The monoisotopic (exact) mass is 252 g/mol. The molecule has 2 aliphatic rings. The van der Waals surface area contributed by atoms with Crippen molar-refractivity contribution in [3.63, 3.8) is 0 Å². The van der Waals surface area contributed by atoms with E-state index in [9.17, 15) is 4.79 Å². The van der Waals surface area contributed by atoms with Gasteiger partial charge in [-0.15, -0.1) is 0 Å². The van der Waals surface area contributed by atoms with E-state index in [1.165, 1.54) is 32.1 Å². The number of carbonyl (C=O) groups excluding carboxylic acids is 1. The van der Waals surface area contributed by atoms with Gasteiger partial charge >= 0.3 is 0 Å². The zero-order valence-electron chi connectivity index (χ0n) is 11.7. The van der Waals surface area contributed by atoms with Crippen molar-refractivity contribution in [2.75, 3.05) is 6.54 Å². The first-order valence-corrected chi connectivity index (χ1v) is 7.72. The maximum Gasteiger partial charge on any atom is 0.223 e. The van der Waals surface area contributed by atoms with Crippen LogP contribution in [-0.2, 0) is 4.79 Å². The van der Waals surface area contributed by atoms with Crippen LogP contribution in [0.25, 0.3) is 0 Å². The third-order valence-electron chi connectivity index (χ3n) is 5.03. The highest BCUT2D eigenvalue weighted by Crippen LogP contribution is 2.32. The first kappa shape index (κ1) is 13.9. The van der Waals surface area contributed by atoms with E-state index in [2.05, 4.69) is 12.2 Å². The van der Waals surface area contributed by atoms with Crippen molar-refractivity contribution in [3.05, 3.63) is 0 Å². The van der Waals surface area contributed by atoms with E-state index in [0.717, 1.165) is 19.3 Å². The standard InChI is InChI=1S/C15H28N2O/c1-11(12-6-3-2-4-7-12)17-15(18)14-9-5-8-13(14)10-16/h11-14H,2-10,16H2,1H3,(H,17,18)/t11-,13?,14?/m1/s1. The fraction of sp³-hybridized carbons (Fsp3) is 0.933. The minimum atomic E-state index is 0.182. The van der Waals surface area contributed by atoms with Crippen LogP contribution in [0, 0.1) is 17.8 Å². The third kappa shape index (κ3) is 3.25. The molecule has 0 bridgehead atoms. The van der Waals surface area contributed by atoms with Gasteiger partial charge in [-0.05, 0) is 51.0 Å². The summed E-state index contributed by atoms with van der Waals surface area (Å²) in [5.41, 5.74) is 5.76.